The maximum atomic E-state index is 13.1. The molecule has 0 saturated carbocycles. The number of carbonyl (C=O) groups is 1. The second kappa shape index (κ2) is 7.09. The van der Waals surface area contributed by atoms with E-state index in [4.69, 9.17) is 4.74 Å². The largest absolute Gasteiger partial charge is 0.483 e. The average molecular weight is 269 g/mol. The zero-order valence-electron chi connectivity index (χ0n) is 11.5. The maximum Gasteiger partial charge on any atom is 0.260 e. The molecule has 0 saturated heterocycles. The fourth-order valence-electron chi connectivity index (χ4n) is 1.78. The average Bonchev–Trinajstić information content (AvgIpc) is 2.38. The van der Waals surface area contributed by atoms with Crippen LogP contribution in [0.3, 0.4) is 0 Å². The zero-order chi connectivity index (χ0) is 14.4. The summed E-state index contributed by atoms with van der Waals surface area (Å²) in [4.78, 5) is 13.4. The van der Waals surface area contributed by atoms with E-state index < -0.39 is 11.9 Å². The van der Waals surface area contributed by atoms with Gasteiger partial charge in [0.25, 0.3) is 5.91 Å². The highest BCUT2D eigenvalue weighted by Gasteiger charge is 2.14. The summed E-state index contributed by atoms with van der Waals surface area (Å²) in [7, 11) is 0. The second-order valence-corrected chi connectivity index (χ2v) is 4.21. The van der Waals surface area contributed by atoms with Crippen molar-refractivity contribution in [3.05, 3.63) is 29.6 Å². The van der Waals surface area contributed by atoms with E-state index in [0.717, 1.165) is 0 Å². The monoisotopic (exact) mass is 269 g/mol. The molecule has 1 amide bonds. The van der Waals surface area contributed by atoms with Gasteiger partial charge in [0, 0.05) is 18.7 Å². The molecule has 4 nitrogen and oxygen atoms in total. The number of likely N-dealkylation sites (N-methyl/N-ethyl adjacent to an activating group) is 1. The quantitative estimate of drug-likeness (QED) is 0.860. The van der Waals surface area contributed by atoms with Gasteiger partial charge in [0.05, 0.1) is 6.10 Å². The summed E-state index contributed by atoms with van der Waals surface area (Å²) in [5.41, 5.74) is 0.340. The molecule has 0 aliphatic carbocycles. The Morgan fingerprint density at radius 1 is 1.42 bits per heavy atom. The van der Waals surface area contributed by atoms with Crippen LogP contribution in [0.25, 0.3) is 0 Å². The Morgan fingerprint density at radius 3 is 2.58 bits per heavy atom. The molecular formula is C14H20FNO3. The van der Waals surface area contributed by atoms with E-state index in [1.54, 1.807) is 4.90 Å². The number of halogens is 1. The van der Waals surface area contributed by atoms with Crippen LogP contribution < -0.4 is 4.74 Å². The Morgan fingerprint density at radius 2 is 2.05 bits per heavy atom. The lowest BCUT2D eigenvalue weighted by Gasteiger charge is -2.19. The van der Waals surface area contributed by atoms with E-state index in [1.807, 2.05) is 13.8 Å². The molecule has 1 N–H and O–H groups in total. The molecule has 1 aromatic carbocycles. The summed E-state index contributed by atoms with van der Waals surface area (Å²) < 4.78 is 18.5. The second-order valence-electron chi connectivity index (χ2n) is 4.21. The zero-order valence-corrected chi connectivity index (χ0v) is 11.5. The normalized spacial score (nSPS) is 12.1. The van der Waals surface area contributed by atoms with Crippen molar-refractivity contribution >= 4 is 5.91 Å². The van der Waals surface area contributed by atoms with E-state index in [2.05, 4.69) is 0 Å². The van der Waals surface area contributed by atoms with Gasteiger partial charge in [-0.25, -0.2) is 4.39 Å². The summed E-state index contributed by atoms with van der Waals surface area (Å²) in [5, 5.41) is 9.55. The predicted molar refractivity (Wildman–Crippen MR) is 70.5 cm³/mol. The van der Waals surface area contributed by atoms with Crippen LogP contribution in [-0.2, 0) is 4.79 Å². The molecule has 5 heteroatoms. The maximum absolute atomic E-state index is 13.1. The predicted octanol–water partition coefficient (Wildman–Crippen LogP) is 2.13. The highest BCUT2D eigenvalue weighted by atomic mass is 19.1. The standard InChI is InChI=1S/C14H20FNO3/c1-4-16(5-2)14(18)9-19-13-7-6-11(15)8-12(13)10(3)17/h6-8,10,17H,4-5,9H2,1-3H3/t10-/m1/s1. The van der Waals surface area contributed by atoms with Gasteiger partial charge in [0.15, 0.2) is 6.61 Å². The van der Waals surface area contributed by atoms with Crippen LogP contribution >= 0.6 is 0 Å². The van der Waals surface area contributed by atoms with Gasteiger partial charge in [0.2, 0.25) is 0 Å². The molecule has 106 valence electrons. The molecule has 0 aromatic heterocycles. The molecule has 0 bridgehead atoms. The number of nitrogens with zero attached hydrogens (tertiary/aromatic N) is 1. The van der Waals surface area contributed by atoms with E-state index in [-0.39, 0.29) is 12.5 Å². The van der Waals surface area contributed by atoms with Gasteiger partial charge < -0.3 is 14.7 Å². The lowest BCUT2D eigenvalue weighted by Crippen LogP contribution is -2.34. The van der Waals surface area contributed by atoms with E-state index in [9.17, 15) is 14.3 Å². The molecule has 0 aliphatic rings. The lowest BCUT2D eigenvalue weighted by atomic mass is 10.1. The molecule has 0 spiro atoms. The molecule has 0 fully saturated rings. The van der Waals surface area contributed by atoms with Crippen LogP contribution in [0.15, 0.2) is 18.2 Å². The van der Waals surface area contributed by atoms with Gasteiger partial charge in [-0.15, -0.1) is 0 Å². The SMILES string of the molecule is CCN(CC)C(=O)COc1ccc(F)cc1[C@@H](C)O. The fourth-order valence-corrected chi connectivity index (χ4v) is 1.78. The third-order valence-corrected chi connectivity index (χ3v) is 2.89. The Balaban J connectivity index is 2.75. The Labute approximate surface area is 112 Å². The molecular weight excluding hydrogens is 249 g/mol. The highest BCUT2D eigenvalue weighted by Crippen LogP contribution is 2.25. The van der Waals surface area contributed by atoms with Crippen LogP contribution in [-0.4, -0.2) is 35.6 Å². The molecule has 0 radical (unpaired) electrons. The number of hydrogen-bond acceptors (Lipinski definition) is 3. The molecule has 0 aliphatic heterocycles. The van der Waals surface area contributed by atoms with E-state index in [0.29, 0.717) is 24.4 Å². The highest BCUT2D eigenvalue weighted by molar-refractivity contribution is 5.77. The minimum absolute atomic E-state index is 0.118. The lowest BCUT2D eigenvalue weighted by molar-refractivity contribution is -0.133. The summed E-state index contributed by atoms with van der Waals surface area (Å²) in [6.07, 6.45) is -0.853. The number of amides is 1. The Kier molecular flexibility index (Phi) is 5.76. The first-order valence-electron chi connectivity index (χ1n) is 6.37. The van der Waals surface area contributed by atoms with Crippen molar-refractivity contribution in [1.82, 2.24) is 4.90 Å². The number of benzene rings is 1. The topological polar surface area (TPSA) is 49.8 Å². The van der Waals surface area contributed by atoms with Crippen molar-refractivity contribution in [2.45, 2.75) is 26.9 Å². The van der Waals surface area contributed by atoms with Crippen LogP contribution in [0.4, 0.5) is 4.39 Å². The van der Waals surface area contributed by atoms with Gasteiger partial charge >= 0.3 is 0 Å². The molecule has 0 heterocycles. The van der Waals surface area contributed by atoms with Gasteiger partial charge in [-0.3, -0.25) is 4.79 Å². The van der Waals surface area contributed by atoms with Crippen LogP contribution in [0.5, 0.6) is 5.75 Å². The first-order chi connectivity index (χ1) is 8.99. The summed E-state index contributed by atoms with van der Waals surface area (Å²) in [5.74, 6) is -0.249. The third kappa shape index (κ3) is 4.21. The van der Waals surface area contributed by atoms with Crippen molar-refractivity contribution < 1.29 is 19.0 Å². The third-order valence-electron chi connectivity index (χ3n) is 2.89. The minimum Gasteiger partial charge on any atom is -0.483 e. The molecule has 1 atom stereocenters. The molecule has 19 heavy (non-hydrogen) atoms. The summed E-state index contributed by atoms with van der Waals surface area (Å²) in [6, 6.07) is 3.87. The minimum atomic E-state index is -0.853. The number of rotatable bonds is 6. The number of ether oxygens (including phenoxy) is 1. The number of carbonyl (C=O) groups excluding carboxylic acids is 1. The van der Waals surface area contributed by atoms with Crippen molar-refractivity contribution in [2.24, 2.45) is 0 Å². The first kappa shape index (κ1) is 15.4. The van der Waals surface area contributed by atoms with Gasteiger partial charge in [0.1, 0.15) is 11.6 Å². The van der Waals surface area contributed by atoms with Crippen molar-refractivity contribution in [3.8, 4) is 5.75 Å². The fraction of sp³-hybridized carbons (Fsp3) is 0.500. The molecule has 0 unspecified atom stereocenters. The number of hydrogen-bond donors (Lipinski definition) is 1. The summed E-state index contributed by atoms with van der Waals surface area (Å²) >= 11 is 0. The van der Waals surface area contributed by atoms with Crippen LogP contribution in [0.1, 0.15) is 32.4 Å². The Bertz CT molecular complexity index is 431. The van der Waals surface area contributed by atoms with E-state index >= 15 is 0 Å². The van der Waals surface area contributed by atoms with Crippen molar-refractivity contribution in [3.63, 3.8) is 0 Å². The Hall–Kier alpha value is -1.62. The summed E-state index contributed by atoms with van der Waals surface area (Å²) in [6.45, 7) is 6.42. The van der Waals surface area contributed by atoms with Crippen molar-refractivity contribution in [2.75, 3.05) is 19.7 Å². The first-order valence-corrected chi connectivity index (χ1v) is 6.37. The smallest absolute Gasteiger partial charge is 0.260 e. The molecule has 1 aromatic rings. The van der Waals surface area contributed by atoms with Crippen LogP contribution in [0.2, 0.25) is 0 Å². The number of aliphatic hydroxyl groups is 1. The van der Waals surface area contributed by atoms with E-state index in [1.165, 1.54) is 25.1 Å². The van der Waals surface area contributed by atoms with Crippen molar-refractivity contribution in [1.29, 1.82) is 0 Å². The molecule has 1 rings (SSSR count). The van der Waals surface area contributed by atoms with Gasteiger partial charge in [-0.05, 0) is 39.0 Å². The van der Waals surface area contributed by atoms with Crippen LogP contribution in [0, 0.1) is 5.82 Å². The van der Waals surface area contributed by atoms with Gasteiger partial charge in [-0.2, -0.15) is 0 Å². The van der Waals surface area contributed by atoms with Gasteiger partial charge in [-0.1, -0.05) is 0 Å². The number of aliphatic hydroxyl groups excluding tert-OH is 1.